The van der Waals surface area contributed by atoms with Crippen molar-refractivity contribution < 1.29 is 8.42 Å². The third-order valence-corrected chi connectivity index (χ3v) is 6.59. The maximum atomic E-state index is 12.4. The normalized spacial score (nSPS) is 19.0. The molecule has 2 heterocycles. The lowest BCUT2D eigenvalue weighted by molar-refractivity contribution is 0.352. The topological polar surface area (TPSA) is 50.3 Å². The predicted molar refractivity (Wildman–Crippen MR) is 74.5 cm³/mol. The first kappa shape index (κ1) is 14.1. The van der Waals surface area contributed by atoms with E-state index in [1.165, 1.54) is 22.8 Å². The molecule has 0 aliphatic carbocycles. The molecule has 0 unspecified atom stereocenters. The molecule has 0 saturated carbocycles. The molecule has 0 aromatic carbocycles. The standard InChI is InChI=1S/C11H15ClN2O2S2/c1-17-9-3-6-14(7-4-9)18(15,16)11-8-13-5-2-10(11)12/h2,5,8-9H,3-4,6-7H2,1H3. The fraction of sp³-hybridized carbons (Fsp3) is 0.545. The van der Waals surface area contributed by atoms with Crippen LogP contribution in [-0.4, -0.2) is 42.3 Å². The molecule has 0 spiro atoms. The number of thioether (sulfide) groups is 1. The van der Waals surface area contributed by atoms with Crippen LogP contribution in [0.15, 0.2) is 23.4 Å². The fourth-order valence-electron chi connectivity index (χ4n) is 2.00. The van der Waals surface area contributed by atoms with E-state index in [-0.39, 0.29) is 9.92 Å². The number of halogens is 1. The molecule has 0 radical (unpaired) electrons. The summed E-state index contributed by atoms with van der Waals surface area (Å²) in [5.74, 6) is 0. The highest BCUT2D eigenvalue weighted by Crippen LogP contribution is 2.28. The molecule has 0 amide bonds. The molecular weight excluding hydrogens is 292 g/mol. The third kappa shape index (κ3) is 2.82. The van der Waals surface area contributed by atoms with Crippen molar-refractivity contribution in [3.63, 3.8) is 0 Å². The minimum Gasteiger partial charge on any atom is -0.263 e. The van der Waals surface area contributed by atoms with E-state index in [0.29, 0.717) is 18.3 Å². The van der Waals surface area contributed by atoms with Gasteiger partial charge in [-0.25, -0.2) is 8.42 Å². The molecular formula is C11H15ClN2O2S2. The van der Waals surface area contributed by atoms with Gasteiger partial charge in [-0.3, -0.25) is 4.98 Å². The first-order chi connectivity index (χ1) is 8.55. The average Bonchev–Trinajstić information content (AvgIpc) is 2.39. The second-order valence-electron chi connectivity index (χ2n) is 4.15. The second-order valence-corrected chi connectivity index (χ2v) is 7.60. The molecule has 1 aliphatic heterocycles. The van der Waals surface area contributed by atoms with Gasteiger partial charge in [0, 0.05) is 30.7 Å². The first-order valence-corrected chi connectivity index (χ1v) is 8.78. The number of hydrogen-bond donors (Lipinski definition) is 0. The Bertz CT molecular complexity index is 514. The Balaban J connectivity index is 2.20. The first-order valence-electron chi connectivity index (χ1n) is 5.68. The number of sulfonamides is 1. The van der Waals surface area contributed by atoms with E-state index in [0.717, 1.165) is 12.8 Å². The van der Waals surface area contributed by atoms with Gasteiger partial charge >= 0.3 is 0 Å². The van der Waals surface area contributed by atoms with Crippen LogP contribution in [0.3, 0.4) is 0 Å². The van der Waals surface area contributed by atoms with Crippen LogP contribution in [0.5, 0.6) is 0 Å². The lowest BCUT2D eigenvalue weighted by Crippen LogP contribution is -2.39. The summed E-state index contributed by atoms with van der Waals surface area (Å²) in [6.07, 6.45) is 6.64. The Hall–Kier alpha value is -0.300. The van der Waals surface area contributed by atoms with Crippen LogP contribution < -0.4 is 0 Å². The Morgan fingerprint density at radius 3 is 2.67 bits per heavy atom. The Kier molecular flexibility index (Phi) is 4.53. The summed E-state index contributed by atoms with van der Waals surface area (Å²) in [5, 5.41) is 0.790. The van der Waals surface area contributed by atoms with Crippen molar-refractivity contribution in [2.75, 3.05) is 19.3 Å². The summed E-state index contributed by atoms with van der Waals surface area (Å²) < 4.78 is 26.3. The van der Waals surface area contributed by atoms with Gasteiger partial charge in [-0.2, -0.15) is 16.1 Å². The van der Waals surface area contributed by atoms with E-state index < -0.39 is 10.0 Å². The highest BCUT2D eigenvalue weighted by atomic mass is 35.5. The van der Waals surface area contributed by atoms with Gasteiger partial charge in [0.15, 0.2) is 0 Å². The van der Waals surface area contributed by atoms with Gasteiger partial charge in [-0.05, 0) is 25.2 Å². The van der Waals surface area contributed by atoms with E-state index in [1.807, 2.05) is 0 Å². The molecule has 1 aliphatic rings. The number of aromatic nitrogens is 1. The van der Waals surface area contributed by atoms with Crippen LogP contribution in [0.1, 0.15) is 12.8 Å². The molecule has 1 fully saturated rings. The van der Waals surface area contributed by atoms with Gasteiger partial charge in [0.05, 0.1) is 5.02 Å². The molecule has 1 saturated heterocycles. The summed E-state index contributed by atoms with van der Waals surface area (Å²) in [6, 6.07) is 1.50. The van der Waals surface area contributed by atoms with Crippen LogP contribution in [0, 0.1) is 0 Å². The van der Waals surface area contributed by atoms with Gasteiger partial charge in [0.2, 0.25) is 10.0 Å². The van der Waals surface area contributed by atoms with E-state index in [9.17, 15) is 8.42 Å². The minimum atomic E-state index is -3.49. The second kappa shape index (κ2) is 5.77. The Morgan fingerprint density at radius 1 is 1.44 bits per heavy atom. The lowest BCUT2D eigenvalue weighted by Gasteiger charge is -2.30. The fourth-order valence-corrected chi connectivity index (χ4v) is 4.56. The number of nitrogens with zero attached hydrogens (tertiary/aromatic N) is 2. The smallest absolute Gasteiger partial charge is 0.246 e. The number of pyridine rings is 1. The van der Waals surface area contributed by atoms with Crippen LogP contribution >= 0.6 is 23.4 Å². The quantitative estimate of drug-likeness (QED) is 0.859. The molecule has 1 aromatic heterocycles. The number of piperidine rings is 1. The van der Waals surface area contributed by atoms with Crippen molar-refractivity contribution in [3.05, 3.63) is 23.5 Å². The molecule has 7 heteroatoms. The summed E-state index contributed by atoms with van der Waals surface area (Å²) in [4.78, 5) is 3.95. The van der Waals surface area contributed by atoms with Crippen molar-refractivity contribution in [1.82, 2.24) is 9.29 Å². The molecule has 2 rings (SSSR count). The average molecular weight is 307 g/mol. The summed E-state index contributed by atoms with van der Waals surface area (Å²) in [6.45, 7) is 1.11. The van der Waals surface area contributed by atoms with E-state index in [1.54, 1.807) is 11.8 Å². The lowest BCUT2D eigenvalue weighted by atomic mass is 10.2. The summed E-state index contributed by atoms with van der Waals surface area (Å²) in [7, 11) is -3.49. The van der Waals surface area contributed by atoms with Crippen LogP contribution in [0.25, 0.3) is 0 Å². The Labute approximate surface area is 117 Å². The van der Waals surface area contributed by atoms with Gasteiger partial charge < -0.3 is 0 Å². The molecule has 18 heavy (non-hydrogen) atoms. The van der Waals surface area contributed by atoms with Gasteiger partial charge in [-0.15, -0.1) is 0 Å². The van der Waals surface area contributed by atoms with Gasteiger partial charge in [-0.1, -0.05) is 11.6 Å². The van der Waals surface area contributed by atoms with Crippen molar-refractivity contribution in [1.29, 1.82) is 0 Å². The maximum absolute atomic E-state index is 12.4. The van der Waals surface area contributed by atoms with Crippen molar-refractivity contribution in [2.45, 2.75) is 23.0 Å². The molecule has 4 nitrogen and oxygen atoms in total. The number of rotatable bonds is 3. The zero-order chi connectivity index (χ0) is 13.2. The zero-order valence-electron chi connectivity index (χ0n) is 10.0. The third-order valence-electron chi connectivity index (χ3n) is 3.09. The highest BCUT2D eigenvalue weighted by Gasteiger charge is 2.30. The summed E-state index contributed by atoms with van der Waals surface area (Å²) in [5.41, 5.74) is 0. The van der Waals surface area contributed by atoms with Crippen molar-refractivity contribution in [2.24, 2.45) is 0 Å². The van der Waals surface area contributed by atoms with Crippen molar-refractivity contribution >= 4 is 33.4 Å². The minimum absolute atomic E-state index is 0.106. The van der Waals surface area contributed by atoms with E-state index >= 15 is 0 Å². The number of hydrogen-bond acceptors (Lipinski definition) is 4. The molecule has 1 aromatic rings. The molecule has 100 valence electrons. The largest absolute Gasteiger partial charge is 0.263 e. The van der Waals surface area contributed by atoms with E-state index in [2.05, 4.69) is 11.2 Å². The molecule has 0 bridgehead atoms. The SMILES string of the molecule is CSC1CCN(S(=O)(=O)c2cnccc2Cl)CC1. The van der Waals surface area contributed by atoms with E-state index in [4.69, 9.17) is 11.6 Å². The maximum Gasteiger partial charge on any atom is 0.246 e. The molecule has 0 N–H and O–H groups in total. The van der Waals surface area contributed by atoms with Gasteiger partial charge in [0.25, 0.3) is 0 Å². The monoisotopic (exact) mass is 306 g/mol. The van der Waals surface area contributed by atoms with Gasteiger partial charge in [0.1, 0.15) is 4.90 Å². The van der Waals surface area contributed by atoms with Crippen LogP contribution in [0.2, 0.25) is 5.02 Å². The van der Waals surface area contributed by atoms with Crippen molar-refractivity contribution in [3.8, 4) is 0 Å². The predicted octanol–water partition coefficient (Wildman–Crippen LogP) is 2.25. The van der Waals surface area contributed by atoms with Crippen LogP contribution in [-0.2, 0) is 10.0 Å². The zero-order valence-corrected chi connectivity index (χ0v) is 12.4. The summed E-state index contributed by atoms with van der Waals surface area (Å²) >= 11 is 7.73. The molecule has 0 atom stereocenters. The highest BCUT2D eigenvalue weighted by molar-refractivity contribution is 7.99. The Morgan fingerprint density at radius 2 is 2.11 bits per heavy atom. The van der Waals surface area contributed by atoms with Crippen LogP contribution in [0.4, 0.5) is 0 Å².